The number of benzene rings is 2. The molecule has 1 aliphatic carbocycles. The van der Waals surface area contributed by atoms with Crippen LogP contribution in [0.4, 0.5) is 8.78 Å². The first-order valence-electron chi connectivity index (χ1n) is 13.8. The molecule has 1 saturated carbocycles. The van der Waals surface area contributed by atoms with E-state index in [-0.39, 0.29) is 30.7 Å². The fourth-order valence-electron chi connectivity index (χ4n) is 4.66. The molecule has 0 spiro atoms. The maximum Gasteiger partial charge on any atom is 0.221 e. The van der Waals surface area contributed by atoms with Gasteiger partial charge in [0, 0.05) is 38.7 Å². The van der Waals surface area contributed by atoms with E-state index in [0.29, 0.717) is 38.4 Å². The minimum Gasteiger partial charge on any atom is -0.390 e. The van der Waals surface area contributed by atoms with Crippen molar-refractivity contribution in [3.63, 3.8) is 0 Å². The van der Waals surface area contributed by atoms with E-state index in [1.807, 2.05) is 26.0 Å². The van der Waals surface area contributed by atoms with Crippen molar-refractivity contribution in [3.8, 4) is 0 Å². The Morgan fingerprint density at radius 3 is 2.33 bits per heavy atom. The van der Waals surface area contributed by atoms with Gasteiger partial charge in [0.15, 0.2) is 0 Å². The minimum atomic E-state index is -3.62. The molecule has 39 heavy (non-hydrogen) atoms. The van der Waals surface area contributed by atoms with Gasteiger partial charge in [-0.25, -0.2) is 21.5 Å². The Balaban J connectivity index is 1.63. The summed E-state index contributed by atoms with van der Waals surface area (Å²) >= 11 is 0. The Labute approximate surface area is 231 Å². The van der Waals surface area contributed by atoms with Gasteiger partial charge in [-0.1, -0.05) is 38.1 Å². The molecule has 1 aliphatic rings. The van der Waals surface area contributed by atoms with Crippen molar-refractivity contribution in [2.75, 3.05) is 25.4 Å². The van der Waals surface area contributed by atoms with E-state index in [0.717, 1.165) is 23.8 Å². The quantitative estimate of drug-likeness (QED) is 0.271. The van der Waals surface area contributed by atoms with E-state index in [9.17, 15) is 27.1 Å². The lowest BCUT2D eigenvalue weighted by atomic mass is 10.00. The monoisotopic (exact) mass is 565 g/mol. The first-order chi connectivity index (χ1) is 18.6. The van der Waals surface area contributed by atoms with Crippen LogP contribution in [0.1, 0.15) is 68.6 Å². The predicted octanol–water partition coefficient (Wildman–Crippen LogP) is 3.86. The second-order valence-electron chi connectivity index (χ2n) is 10.3. The summed E-state index contributed by atoms with van der Waals surface area (Å²) < 4.78 is 54.5. The largest absolute Gasteiger partial charge is 0.390 e. The summed E-state index contributed by atoms with van der Waals surface area (Å²) in [5, 5.41) is 16.9. The van der Waals surface area contributed by atoms with Crippen molar-refractivity contribution in [2.45, 2.75) is 77.0 Å². The maximum atomic E-state index is 13.8. The second-order valence-corrected chi connectivity index (χ2v) is 12.4. The number of aliphatic hydroxyl groups is 1. The molecule has 2 unspecified atom stereocenters. The maximum absolute atomic E-state index is 13.8. The summed E-state index contributed by atoms with van der Waals surface area (Å²) in [6.45, 7) is 5.19. The number of carbonyl (C=O) groups is 1. The van der Waals surface area contributed by atoms with Gasteiger partial charge < -0.3 is 15.7 Å². The lowest BCUT2D eigenvalue weighted by molar-refractivity contribution is -0.122. The Hall–Kier alpha value is -2.40. The Morgan fingerprint density at radius 1 is 1.05 bits per heavy atom. The molecule has 2 aromatic carbocycles. The second kappa shape index (κ2) is 14.8. The molecule has 0 aliphatic heterocycles. The first kappa shape index (κ1) is 31.1. The zero-order valence-corrected chi connectivity index (χ0v) is 23.7. The van der Waals surface area contributed by atoms with E-state index in [1.54, 1.807) is 0 Å². The fraction of sp³-hybridized carbons (Fsp3) is 0.552. The summed E-state index contributed by atoms with van der Waals surface area (Å²) in [6.07, 6.45) is 2.35. The number of hydrogen-bond acceptors (Lipinski definition) is 5. The first-order valence-corrected chi connectivity index (χ1v) is 15.4. The number of carbonyl (C=O) groups excluding carboxylic acids is 1. The average molecular weight is 566 g/mol. The summed E-state index contributed by atoms with van der Waals surface area (Å²) in [7, 11) is -3.62. The minimum absolute atomic E-state index is 0.0228. The predicted molar refractivity (Wildman–Crippen MR) is 149 cm³/mol. The molecule has 0 aromatic heterocycles. The van der Waals surface area contributed by atoms with Crippen LogP contribution in [0.25, 0.3) is 0 Å². The summed E-state index contributed by atoms with van der Waals surface area (Å²) in [4.78, 5) is 12.8. The normalized spacial score (nSPS) is 15.3. The van der Waals surface area contributed by atoms with Crippen LogP contribution in [0, 0.1) is 11.6 Å². The molecule has 2 atom stereocenters. The van der Waals surface area contributed by atoms with Crippen LogP contribution in [0.5, 0.6) is 0 Å². The van der Waals surface area contributed by atoms with Gasteiger partial charge in [-0.3, -0.25) is 4.79 Å². The van der Waals surface area contributed by atoms with Gasteiger partial charge >= 0.3 is 0 Å². The Morgan fingerprint density at radius 2 is 1.72 bits per heavy atom. The van der Waals surface area contributed by atoms with Gasteiger partial charge in [0.2, 0.25) is 15.9 Å². The van der Waals surface area contributed by atoms with Crippen LogP contribution in [0.3, 0.4) is 0 Å². The van der Waals surface area contributed by atoms with Crippen molar-refractivity contribution < 1.29 is 27.1 Å². The van der Waals surface area contributed by atoms with E-state index in [1.165, 1.54) is 22.7 Å². The number of amides is 1. The van der Waals surface area contributed by atoms with E-state index in [2.05, 4.69) is 22.8 Å². The van der Waals surface area contributed by atoms with Gasteiger partial charge in [0.1, 0.15) is 11.6 Å². The smallest absolute Gasteiger partial charge is 0.221 e. The number of aliphatic hydroxyl groups excluding tert-OH is 1. The molecular formula is C29H41F2N3O4S. The third-order valence-corrected chi connectivity index (χ3v) is 8.67. The fourth-order valence-corrected chi connectivity index (χ4v) is 6.29. The third kappa shape index (κ3) is 10.3. The van der Waals surface area contributed by atoms with Gasteiger partial charge in [-0.2, -0.15) is 0 Å². The third-order valence-electron chi connectivity index (χ3n) is 6.80. The van der Waals surface area contributed by atoms with Crippen LogP contribution < -0.4 is 10.6 Å². The summed E-state index contributed by atoms with van der Waals surface area (Å²) in [6, 6.07) is 10.5. The standard InChI is InChI=1S/C29H41F2N3O4S/c1-3-11-34(12-4-2)39(37,38)13-10-29(36)33-27(17-22-15-25(30)18-26(31)16-22)28(35)20-32-19-21-6-5-7-24(14-21)23-8-9-23/h5-7,14-16,18,23,27-28,32,35H,3-4,8-13,17,19-20H2,1-2H3,(H,33,36). The topological polar surface area (TPSA) is 98.7 Å². The highest BCUT2D eigenvalue weighted by Crippen LogP contribution is 2.40. The highest BCUT2D eigenvalue weighted by molar-refractivity contribution is 7.89. The Kier molecular flexibility index (Phi) is 11.8. The van der Waals surface area contributed by atoms with E-state index in [4.69, 9.17) is 0 Å². The number of nitrogens with zero attached hydrogens (tertiary/aromatic N) is 1. The number of halogens is 2. The molecular weight excluding hydrogens is 524 g/mol. The van der Waals surface area contributed by atoms with Crippen molar-refractivity contribution in [3.05, 3.63) is 70.8 Å². The van der Waals surface area contributed by atoms with Crippen molar-refractivity contribution >= 4 is 15.9 Å². The van der Waals surface area contributed by atoms with Crippen molar-refractivity contribution in [1.29, 1.82) is 0 Å². The molecule has 1 fully saturated rings. The zero-order chi connectivity index (χ0) is 28.4. The molecule has 0 bridgehead atoms. The molecule has 216 valence electrons. The molecule has 0 saturated heterocycles. The van der Waals surface area contributed by atoms with E-state index < -0.39 is 39.7 Å². The van der Waals surface area contributed by atoms with Gasteiger partial charge in [0.05, 0.1) is 17.9 Å². The number of sulfonamides is 1. The van der Waals surface area contributed by atoms with Crippen LogP contribution in [-0.2, 0) is 27.8 Å². The summed E-state index contributed by atoms with van der Waals surface area (Å²) in [5.74, 6) is -1.79. The van der Waals surface area contributed by atoms with Gasteiger partial charge in [0.25, 0.3) is 0 Å². The molecule has 3 rings (SSSR count). The summed E-state index contributed by atoms with van der Waals surface area (Å²) in [5.41, 5.74) is 2.66. The van der Waals surface area contributed by atoms with E-state index >= 15 is 0 Å². The number of hydrogen-bond donors (Lipinski definition) is 3. The lowest BCUT2D eigenvalue weighted by Crippen LogP contribution is -2.49. The average Bonchev–Trinajstić information content (AvgIpc) is 3.72. The van der Waals surface area contributed by atoms with Gasteiger partial charge in [-0.15, -0.1) is 0 Å². The van der Waals surface area contributed by atoms with Gasteiger partial charge in [-0.05, 0) is 66.8 Å². The molecule has 10 heteroatoms. The zero-order valence-electron chi connectivity index (χ0n) is 22.8. The highest BCUT2D eigenvalue weighted by Gasteiger charge is 2.26. The van der Waals surface area contributed by atoms with Crippen molar-refractivity contribution in [2.24, 2.45) is 0 Å². The molecule has 7 nitrogen and oxygen atoms in total. The van der Waals surface area contributed by atoms with Crippen LogP contribution in [-0.4, -0.2) is 61.3 Å². The highest BCUT2D eigenvalue weighted by atomic mass is 32.2. The number of nitrogens with one attached hydrogen (secondary N) is 2. The molecule has 0 heterocycles. The SMILES string of the molecule is CCCN(CCC)S(=O)(=O)CCC(=O)NC(Cc1cc(F)cc(F)c1)C(O)CNCc1cccc(C2CC2)c1. The molecule has 1 amide bonds. The number of rotatable bonds is 17. The van der Waals surface area contributed by atoms with Crippen LogP contribution >= 0.6 is 0 Å². The van der Waals surface area contributed by atoms with Crippen LogP contribution in [0.2, 0.25) is 0 Å². The molecule has 2 aromatic rings. The Bertz CT molecular complexity index is 1160. The molecule has 0 radical (unpaired) electrons. The molecule has 3 N–H and O–H groups in total. The van der Waals surface area contributed by atoms with Crippen molar-refractivity contribution in [1.82, 2.24) is 14.9 Å². The lowest BCUT2D eigenvalue weighted by Gasteiger charge is -2.25. The van der Waals surface area contributed by atoms with Crippen LogP contribution in [0.15, 0.2) is 42.5 Å².